The molecule has 0 radical (unpaired) electrons. The first-order valence-electron chi connectivity index (χ1n) is 7.84. The summed E-state index contributed by atoms with van der Waals surface area (Å²) in [7, 11) is 0. The largest absolute Gasteiger partial charge is 0.341 e. The summed E-state index contributed by atoms with van der Waals surface area (Å²) in [6, 6.07) is 9.92. The molecule has 1 atom stereocenters. The second-order valence-electron chi connectivity index (χ2n) is 5.99. The van der Waals surface area contributed by atoms with Crippen molar-refractivity contribution >= 4 is 11.8 Å². The van der Waals surface area contributed by atoms with Crippen LogP contribution in [-0.2, 0) is 16.0 Å². The lowest BCUT2D eigenvalue weighted by Gasteiger charge is -2.16. The summed E-state index contributed by atoms with van der Waals surface area (Å²) in [5.41, 5.74) is 2.23. The maximum atomic E-state index is 12.3. The van der Waals surface area contributed by atoms with Crippen molar-refractivity contribution in [3.8, 4) is 0 Å². The van der Waals surface area contributed by atoms with Gasteiger partial charge in [0, 0.05) is 19.2 Å². The molecule has 1 aromatic rings. The number of aryl methyl sites for hydroxylation is 1. The molecule has 2 rings (SSSR count). The Morgan fingerprint density at radius 2 is 2.05 bits per heavy atom. The van der Waals surface area contributed by atoms with Crippen molar-refractivity contribution in [1.82, 2.24) is 10.2 Å². The van der Waals surface area contributed by atoms with Crippen molar-refractivity contribution in [2.24, 2.45) is 0 Å². The van der Waals surface area contributed by atoms with Crippen molar-refractivity contribution in [1.29, 1.82) is 0 Å². The average Bonchev–Trinajstić information content (AvgIpc) is 2.80. The van der Waals surface area contributed by atoms with E-state index in [4.69, 9.17) is 0 Å². The van der Waals surface area contributed by atoms with E-state index in [2.05, 4.69) is 17.4 Å². The molecule has 0 aromatic heterocycles. The predicted molar refractivity (Wildman–Crippen MR) is 87.3 cm³/mol. The summed E-state index contributed by atoms with van der Waals surface area (Å²) in [6.45, 7) is 5.22. The van der Waals surface area contributed by atoms with Gasteiger partial charge in [-0.25, -0.2) is 0 Å². The molecule has 1 aliphatic rings. The molecule has 1 unspecified atom stereocenters. The molecule has 1 aromatic carbocycles. The first-order valence-corrected chi connectivity index (χ1v) is 7.84. The number of nitrogens with one attached hydrogen (secondary N) is 1. The predicted octanol–water partition coefficient (Wildman–Crippen LogP) is 2.30. The van der Waals surface area contributed by atoms with Gasteiger partial charge in [-0.1, -0.05) is 35.9 Å². The van der Waals surface area contributed by atoms with Gasteiger partial charge in [0.15, 0.2) is 0 Å². The highest BCUT2D eigenvalue weighted by molar-refractivity contribution is 5.94. The number of hydrogen-bond acceptors (Lipinski definition) is 2. The number of benzene rings is 1. The highest BCUT2D eigenvalue weighted by Gasteiger charge is 2.31. The van der Waals surface area contributed by atoms with Crippen LogP contribution < -0.4 is 5.32 Å². The van der Waals surface area contributed by atoms with Crippen molar-refractivity contribution in [2.45, 2.75) is 39.2 Å². The molecule has 118 valence electrons. The van der Waals surface area contributed by atoms with Crippen LogP contribution in [0.25, 0.3) is 0 Å². The zero-order chi connectivity index (χ0) is 15.9. The topological polar surface area (TPSA) is 49.4 Å². The second-order valence-corrected chi connectivity index (χ2v) is 5.99. The fourth-order valence-corrected chi connectivity index (χ4v) is 2.69. The Kier molecular flexibility index (Phi) is 5.75. The van der Waals surface area contributed by atoms with Crippen molar-refractivity contribution < 1.29 is 9.59 Å². The van der Waals surface area contributed by atoms with Gasteiger partial charge >= 0.3 is 0 Å². The summed E-state index contributed by atoms with van der Waals surface area (Å²) in [6.07, 6.45) is 4.15. The van der Waals surface area contributed by atoms with E-state index in [0.717, 1.165) is 31.5 Å². The molecule has 0 aliphatic carbocycles. The molecule has 1 N–H and O–H groups in total. The molecule has 1 fully saturated rings. The third-order valence-corrected chi connectivity index (χ3v) is 3.77. The van der Waals surface area contributed by atoms with Gasteiger partial charge in [0.2, 0.25) is 11.8 Å². The SMILES string of the molecule is CC(C)=CC(=O)NC1CCN(CCCc2ccccc2)C1=O. The fourth-order valence-electron chi connectivity index (χ4n) is 2.69. The highest BCUT2D eigenvalue weighted by atomic mass is 16.2. The number of carbonyl (C=O) groups is 2. The second kappa shape index (κ2) is 7.78. The van der Waals surface area contributed by atoms with E-state index in [1.807, 2.05) is 36.9 Å². The number of hydrogen-bond donors (Lipinski definition) is 1. The molecule has 4 nitrogen and oxygen atoms in total. The van der Waals surface area contributed by atoms with E-state index in [9.17, 15) is 9.59 Å². The standard InChI is InChI=1S/C18H24N2O2/c1-14(2)13-17(21)19-16-10-12-20(18(16)22)11-6-9-15-7-4-3-5-8-15/h3-5,7-8,13,16H,6,9-12H2,1-2H3,(H,19,21). The van der Waals surface area contributed by atoms with Gasteiger partial charge in [-0.15, -0.1) is 0 Å². The Morgan fingerprint density at radius 1 is 1.32 bits per heavy atom. The van der Waals surface area contributed by atoms with Crippen molar-refractivity contribution in [3.05, 3.63) is 47.5 Å². The Balaban J connectivity index is 1.76. The molecule has 22 heavy (non-hydrogen) atoms. The van der Waals surface area contributed by atoms with Gasteiger partial charge in [0.1, 0.15) is 6.04 Å². The van der Waals surface area contributed by atoms with Gasteiger partial charge in [-0.3, -0.25) is 9.59 Å². The molecule has 1 saturated heterocycles. The van der Waals surface area contributed by atoms with E-state index in [0.29, 0.717) is 6.42 Å². The molecule has 0 spiro atoms. The van der Waals surface area contributed by atoms with Gasteiger partial charge < -0.3 is 10.2 Å². The number of carbonyl (C=O) groups excluding carboxylic acids is 2. The number of likely N-dealkylation sites (tertiary alicyclic amines) is 1. The summed E-state index contributed by atoms with van der Waals surface area (Å²) in [5.74, 6) is -0.131. The number of nitrogens with zero attached hydrogens (tertiary/aromatic N) is 1. The average molecular weight is 300 g/mol. The summed E-state index contributed by atoms with van der Waals surface area (Å²) >= 11 is 0. The number of allylic oxidation sites excluding steroid dienone is 1. The van der Waals surface area contributed by atoms with Gasteiger partial charge in [-0.2, -0.15) is 0 Å². The summed E-state index contributed by atoms with van der Waals surface area (Å²) in [4.78, 5) is 25.8. The number of amides is 2. The lowest BCUT2D eigenvalue weighted by atomic mass is 10.1. The van der Waals surface area contributed by atoms with Crippen LogP contribution in [0.2, 0.25) is 0 Å². The summed E-state index contributed by atoms with van der Waals surface area (Å²) < 4.78 is 0. The van der Waals surface area contributed by atoms with Crippen LogP contribution in [0.4, 0.5) is 0 Å². The Bertz CT molecular complexity index is 547. The molecule has 1 aliphatic heterocycles. The normalized spacial score (nSPS) is 17.5. The Morgan fingerprint density at radius 3 is 2.73 bits per heavy atom. The van der Waals surface area contributed by atoms with E-state index in [1.54, 1.807) is 0 Å². The molecular weight excluding hydrogens is 276 g/mol. The third-order valence-electron chi connectivity index (χ3n) is 3.77. The van der Waals surface area contributed by atoms with Crippen molar-refractivity contribution in [2.75, 3.05) is 13.1 Å². The molecule has 4 heteroatoms. The molecule has 2 amide bonds. The minimum absolute atomic E-state index is 0.0450. The quantitative estimate of drug-likeness (QED) is 0.820. The van der Waals surface area contributed by atoms with Crippen molar-refractivity contribution in [3.63, 3.8) is 0 Å². The van der Waals surface area contributed by atoms with Crippen LogP contribution in [-0.4, -0.2) is 35.8 Å². The van der Waals surface area contributed by atoms with Crippen LogP contribution in [0.3, 0.4) is 0 Å². The van der Waals surface area contributed by atoms with E-state index in [1.165, 1.54) is 11.6 Å². The third kappa shape index (κ3) is 4.72. The minimum atomic E-state index is -0.361. The maximum Gasteiger partial charge on any atom is 0.245 e. The van der Waals surface area contributed by atoms with Crippen LogP contribution in [0.1, 0.15) is 32.3 Å². The molecule has 1 heterocycles. The molecule has 0 saturated carbocycles. The first-order chi connectivity index (χ1) is 10.6. The van der Waals surface area contributed by atoms with Crippen LogP contribution in [0, 0.1) is 0 Å². The van der Waals surface area contributed by atoms with Crippen LogP contribution in [0.5, 0.6) is 0 Å². The maximum absolute atomic E-state index is 12.3. The van der Waals surface area contributed by atoms with E-state index in [-0.39, 0.29) is 17.9 Å². The van der Waals surface area contributed by atoms with Crippen LogP contribution >= 0.6 is 0 Å². The monoisotopic (exact) mass is 300 g/mol. The van der Waals surface area contributed by atoms with E-state index < -0.39 is 0 Å². The Labute approximate surface area is 132 Å². The smallest absolute Gasteiger partial charge is 0.245 e. The van der Waals surface area contributed by atoms with E-state index >= 15 is 0 Å². The molecular formula is C18H24N2O2. The zero-order valence-corrected chi connectivity index (χ0v) is 13.3. The number of rotatable bonds is 6. The van der Waals surface area contributed by atoms with Gasteiger partial charge in [-0.05, 0) is 38.7 Å². The first kappa shape index (κ1) is 16.3. The lowest BCUT2D eigenvalue weighted by molar-refractivity contribution is -0.131. The minimum Gasteiger partial charge on any atom is -0.341 e. The van der Waals surface area contributed by atoms with Gasteiger partial charge in [0.05, 0.1) is 0 Å². The van der Waals surface area contributed by atoms with Gasteiger partial charge in [0.25, 0.3) is 0 Å². The lowest BCUT2D eigenvalue weighted by Crippen LogP contribution is -2.41. The Hall–Kier alpha value is -2.10. The zero-order valence-electron chi connectivity index (χ0n) is 13.3. The highest BCUT2D eigenvalue weighted by Crippen LogP contribution is 2.13. The fraction of sp³-hybridized carbons (Fsp3) is 0.444. The van der Waals surface area contributed by atoms with Crippen LogP contribution in [0.15, 0.2) is 42.0 Å². The molecule has 0 bridgehead atoms. The summed E-state index contributed by atoms with van der Waals surface area (Å²) in [5, 5.41) is 2.79.